The number of benzene rings is 1. The third kappa shape index (κ3) is 2.43. The van der Waals surface area contributed by atoms with E-state index in [1.54, 1.807) is 10.9 Å². The number of fused-ring (bicyclic) bond motifs is 1. The minimum atomic E-state index is -0.0129. The first-order valence-electron chi connectivity index (χ1n) is 7.82. The van der Waals surface area contributed by atoms with Gasteiger partial charge in [-0.25, -0.2) is 4.98 Å². The van der Waals surface area contributed by atoms with Crippen molar-refractivity contribution in [3.63, 3.8) is 0 Å². The molecule has 0 bridgehead atoms. The predicted octanol–water partition coefficient (Wildman–Crippen LogP) is 2.55. The molecule has 2 amide bonds. The quantitative estimate of drug-likeness (QED) is 0.852. The van der Waals surface area contributed by atoms with E-state index in [4.69, 9.17) is 0 Å². The number of hydrogen-bond acceptors (Lipinski definition) is 4. The third-order valence-electron chi connectivity index (χ3n) is 4.71. The summed E-state index contributed by atoms with van der Waals surface area (Å²) in [5, 5.41) is 1.79. The molecule has 2 fully saturated rings. The Labute approximate surface area is 138 Å². The Morgan fingerprint density at radius 2 is 2.00 bits per heavy atom. The molecule has 0 spiro atoms. The Balaban J connectivity index is 1.62. The number of thiazole rings is 1. The molecule has 1 aromatic carbocycles. The Hall–Kier alpha value is -2.21. The minimum absolute atomic E-state index is 0.0129. The van der Waals surface area contributed by atoms with Gasteiger partial charge in [0, 0.05) is 24.0 Å². The van der Waals surface area contributed by atoms with Gasteiger partial charge < -0.3 is 9.80 Å². The molecule has 6 heteroatoms. The van der Waals surface area contributed by atoms with Gasteiger partial charge in [-0.1, -0.05) is 18.2 Å². The Kier molecular flexibility index (Phi) is 3.61. The van der Waals surface area contributed by atoms with E-state index >= 15 is 0 Å². The average Bonchev–Trinajstić information content (AvgIpc) is 3.24. The summed E-state index contributed by atoms with van der Waals surface area (Å²) in [6.07, 6.45) is 2.04. The number of aromatic nitrogens is 1. The summed E-state index contributed by atoms with van der Waals surface area (Å²) >= 11 is 1.43. The molecule has 0 radical (unpaired) electrons. The molecular weight excluding hydrogens is 310 g/mol. The Morgan fingerprint density at radius 1 is 1.17 bits per heavy atom. The third-order valence-corrected chi connectivity index (χ3v) is 5.30. The van der Waals surface area contributed by atoms with Crippen LogP contribution >= 0.6 is 11.3 Å². The summed E-state index contributed by atoms with van der Waals surface area (Å²) in [6, 6.07) is 9.92. The maximum absolute atomic E-state index is 12.7. The summed E-state index contributed by atoms with van der Waals surface area (Å²) in [5.41, 5.74) is 3.12. The summed E-state index contributed by atoms with van der Waals surface area (Å²) < 4.78 is 0. The fourth-order valence-electron chi connectivity index (χ4n) is 3.70. The summed E-state index contributed by atoms with van der Waals surface area (Å²) in [7, 11) is 0. The number of anilines is 1. The molecule has 0 aliphatic carbocycles. The molecule has 23 heavy (non-hydrogen) atoms. The van der Waals surface area contributed by atoms with E-state index in [1.165, 1.54) is 11.3 Å². The molecule has 0 N–H and O–H groups in total. The topological polar surface area (TPSA) is 53.5 Å². The number of piperidine rings is 1. The van der Waals surface area contributed by atoms with Crippen LogP contribution < -0.4 is 4.90 Å². The number of rotatable bonds is 2. The van der Waals surface area contributed by atoms with Gasteiger partial charge >= 0.3 is 0 Å². The number of carbonyl (C=O) groups is 2. The number of carbonyl (C=O) groups excluding carboxylic acids is 2. The van der Waals surface area contributed by atoms with Crippen LogP contribution in [0.4, 0.5) is 5.69 Å². The van der Waals surface area contributed by atoms with E-state index < -0.39 is 0 Å². The molecule has 3 heterocycles. The zero-order valence-corrected chi connectivity index (χ0v) is 13.4. The van der Waals surface area contributed by atoms with Crippen molar-refractivity contribution in [2.75, 3.05) is 11.4 Å². The van der Waals surface area contributed by atoms with Crippen molar-refractivity contribution in [3.8, 4) is 0 Å². The van der Waals surface area contributed by atoms with Crippen LogP contribution in [0.5, 0.6) is 0 Å². The predicted molar refractivity (Wildman–Crippen MR) is 88.5 cm³/mol. The average molecular weight is 327 g/mol. The molecule has 2 aliphatic heterocycles. The van der Waals surface area contributed by atoms with Gasteiger partial charge in [0.15, 0.2) is 0 Å². The summed E-state index contributed by atoms with van der Waals surface area (Å²) in [4.78, 5) is 33.0. The van der Waals surface area contributed by atoms with Gasteiger partial charge in [-0.05, 0) is 25.0 Å². The minimum Gasteiger partial charge on any atom is -0.332 e. The van der Waals surface area contributed by atoms with Crippen molar-refractivity contribution < 1.29 is 9.59 Å². The van der Waals surface area contributed by atoms with Gasteiger partial charge in [0.1, 0.15) is 5.69 Å². The van der Waals surface area contributed by atoms with Gasteiger partial charge in [0.2, 0.25) is 5.91 Å². The van der Waals surface area contributed by atoms with E-state index in [2.05, 4.69) is 4.98 Å². The number of nitrogens with zero attached hydrogens (tertiary/aromatic N) is 3. The van der Waals surface area contributed by atoms with Gasteiger partial charge in [0.05, 0.1) is 17.6 Å². The van der Waals surface area contributed by atoms with E-state index in [9.17, 15) is 9.59 Å². The Morgan fingerprint density at radius 3 is 2.74 bits per heavy atom. The van der Waals surface area contributed by atoms with Crippen molar-refractivity contribution in [1.29, 1.82) is 0 Å². The van der Waals surface area contributed by atoms with Crippen molar-refractivity contribution in [2.24, 2.45) is 0 Å². The van der Waals surface area contributed by atoms with Crippen LogP contribution in [0.15, 0.2) is 41.2 Å². The zero-order chi connectivity index (χ0) is 15.8. The SMILES string of the molecule is O=C(c1cscn1)N1CC[C@@H]2[C@H]1CCC(=O)N2c1ccccc1. The van der Waals surface area contributed by atoms with Crippen LogP contribution in [0.2, 0.25) is 0 Å². The van der Waals surface area contributed by atoms with E-state index in [1.807, 2.05) is 40.1 Å². The second kappa shape index (κ2) is 5.77. The molecule has 2 atom stereocenters. The van der Waals surface area contributed by atoms with Crippen molar-refractivity contribution >= 4 is 28.8 Å². The van der Waals surface area contributed by atoms with Crippen LogP contribution in [0.3, 0.4) is 0 Å². The summed E-state index contributed by atoms with van der Waals surface area (Å²) in [6.45, 7) is 0.683. The molecular formula is C17H17N3O2S. The second-order valence-corrected chi connectivity index (χ2v) is 6.65. The number of amides is 2. The van der Waals surface area contributed by atoms with Crippen LogP contribution in [-0.4, -0.2) is 40.3 Å². The van der Waals surface area contributed by atoms with E-state index in [0.717, 1.165) is 18.5 Å². The van der Waals surface area contributed by atoms with Crippen molar-refractivity contribution in [1.82, 2.24) is 9.88 Å². The fourth-order valence-corrected chi connectivity index (χ4v) is 4.23. The Bertz CT molecular complexity index is 717. The maximum atomic E-state index is 12.7. The lowest BCUT2D eigenvalue weighted by molar-refractivity contribution is -0.120. The monoisotopic (exact) mass is 327 g/mol. The summed E-state index contributed by atoms with van der Waals surface area (Å²) in [5.74, 6) is 0.140. The van der Waals surface area contributed by atoms with Crippen LogP contribution in [0.1, 0.15) is 29.8 Å². The highest BCUT2D eigenvalue weighted by atomic mass is 32.1. The number of hydrogen-bond donors (Lipinski definition) is 0. The maximum Gasteiger partial charge on any atom is 0.273 e. The second-order valence-electron chi connectivity index (χ2n) is 5.93. The molecule has 4 rings (SSSR count). The molecule has 2 aliphatic rings. The lowest BCUT2D eigenvalue weighted by Crippen LogP contribution is -2.53. The smallest absolute Gasteiger partial charge is 0.273 e. The normalized spacial score (nSPS) is 23.9. The first-order chi connectivity index (χ1) is 11.3. The molecule has 5 nitrogen and oxygen atoms in total. The highest BCUT2D eigenvalue weighted by molar-refractivity contribution is 7.07. The molecule has 118 valence electrons. The molecule has 2 aromatic rings. The lowest BCUT2D eigenvalue weighted by atomic mass is 9.95. The number of likely N-dealkylation sites (tertiary alicyclic amines) is 1. The standard InChI is InChI=1S/C17H17N3O2S/c21-16-7-6-14-15(20(16)12-4-2-1-3-5-12)8-9-19(14)17(22)13-10-23-11-18-13/h1-5,10-11,14-15H,6-9H2/t14-,15-/m1/s1. The first-order valence-corrected chi connectivity index (χ1v) is 8.76. The highest BCUT2D eigenvalue weighted by Crippen LogP contribution is 2.35. The molecule has 0 unspecified atom stereocenters. The number of para-hydroxylation sites is 1. The zero-order valence-electron chi connectivity index (χ0n) is 12.6. The van der Waals surface area contributed by atoms with Crippen LogP contribution in [0.25, 0.3) is 0 Å². The molecule has 1 aromatic heterocycles. The lowest BCUT2D eigenvalue weighted by Gasteiger charge is -2.39. The van der Waals surface area contributed by atoms with Crippen LogP contribution in [0, 0.1) is 0 Å². The first kappa shape index (κ1) is 14.4. The van der Waals surface area contributed by atoms with Gasteiger partial charge in [-0.2, -0.15) is 0 Å². The largest absolute Gasteiger partial charge is 0.332 e. The van der Waals surface area contributed by atoms with Gasteiger partial charge in [-0.3, -0.25) is 9.59 Å². The van der Waals surface area contributed by atoms with Gasteiger partial charge in [-0.15, -0.1) is 11.3 Å². The van der Waals surface area contributed by atoms with Crippen molar-refractivity contribution in [3.05, 3.63) is 46.9 Å². The molecule has 0 saturated carbocycles. The molecule has 2 saturated heterocycles. The van der Waals surface area contributed by atoms with E-state index in [-0.39, 0.29) is 23.9 Å². The fraction of sp³-hybridized carbons (Fsp3) is 0.353. The van der Waals surface area contributed by atoms with Gasteiger partial charge in [0.25, 0.3) is 5.91 Å². The van der Waals surface area contributed by atoms with Crippen LogP contribution in [-0.2, 0) is 4.79 Å². The van der Waals surface area contributed by atoms with Crippen molar-refractivity contribution in [2.45, 2.75) is 31.3 Å². The highest BCUT2D eigenvalue weighted by Gasteiger charge is 2.45. The van der Waals surface area contributed by atoms with E-state index in [0.29, 0.717) is 18.7 Å².